The van der Waals surface area contributed by atoms with Gasteiger partial charge >= 0.3 is 0 Å². The van der Waals surface area contributed by atoms with Gasteiger partial charge in [0.1, 0.15) is 5.56 Å². The molecule has 3 heterocycles. The lowest BCUT2D eigenvalue weighted by molar-refractivity contribution is 0.0512. The van der Waals surface area contributed by atoms with Crippen LogP contribution < -0.4 is 10.6 Å². The van der Waals surface area contributed by atoms with Gasteiger partial charge < -0.3 is 15.4 Å². The highest BCUT2D eigenvalue weighted by molar-refractivity contribution is 5.99. The molecular weight excluding hydrogens is 354 g/mol. The monoisotopic (exact) mass is 379 g/mol. The van der Waals surface area contributed by atoms with E-state index < -0.39 is 0 Å². The van der Waals surface area contributed by atoms with Gasteiger partial charge in [-0.3, -0.25) is 4.79 Å². The molecule has 3 aromatic rings. The number of ether oxygens (including phenoxy) is 1. The summed E-state index contributed by atoms with van der Waals surface area (Å²) in [5, 5.41) is 10.9. The first-order chi connectivity index (χ1) is 13.7. The molecule has 1 fully saturated rings. The predicted octanol–water partition coefficient (Wildman–Crippen LogP) is 2.14. The largest absolute Gasteiger partial charge is 0.384 e. The molecule has 1 aromatic carbocycles. The van der Waals surface area contributed by atoms with Crippen LogP contribution in [0.25, 0.3) is 16.9 Å². The Labute approximate surface area is 164 Å². The van der Waals surface area contributed by atoms with E-state index in [1.54, 1.807) is 24.0 Å². The summed E-state index contributed by atoms with van der Waals surface area (Å²) >= 11 is 0. The Kier molecular flexibility index (Phi) is 5.36. The summed E-state index contributed by atoms with van der Waals surface area (Å²) in [4.78, 5) is 17.3. The third kappa shape index (κ3) is 3.63. The number of methoxy groups -OCH3 is 1. The number of benzene rings is 1. The second-order valence-electron chi connectivity index (χ2n) is 7.36. The van der Waals surface area contributed by atoms with Crippen molar-refractivity contribution < 1.29 is 9.53 Å². The number of amides is 1. The number of nitrogens with one attached hydrogen (secondary N) is 2. The number of piperidine rings is 1. The number of rotatable bonds is 6. The molecule has 2 N–H and O–H groups in total. The fourth-order valence-corrected chi connectivity index (χ4v) is 3.88. The van der Waals surface area contributed by atoms with Crippen molar-refractivity contribution in [1.82, 2.24) is 25.2 Å². The highest BCUT2D eigenvalue weighted by atomic mass is 16.5. The normalized spacial score (nSPS) is 16.2. The molecule has 0 saturated carbocycles. The first-order valence-electron chi connectivity index (χ1n) is 9.58. The maximum Gasteiger partial charge on any atom is 0.256 e. The summed E-state index contributed by atoms with van der Waals surface area (Å²) < 4.78 is 7.16. The first kappa shape index (κ1) is 18.6. The standard InChI is InChI=1S/C21H25N5O2/c1-28-15-21(8-11-22-12-9-21)14-24-20(27)17-13-25-26-18(7-10-23-19(17)26)16-5-3-2-4-6-16/h2-7,10,13,22H,8-9,11-12,14-15H2,1H3,(H,24,27). The van der Waals surface area contributed by atoms with Gasteiger partial charge in [-0.25, -0.2) is 9.50 Å². The van der Waals surface area contributed by atoms with Crippen LogP contribution in [0.3, 0.4) is 0 Å². The van der Waals surface area contributed by atoms with Gasteiger partial charge in [0.05, 0.1) is 18.5 Å². The molecular formula is C21H25N5O2. The molecule has 1 amide bonds. The lowest BCUT2D eigenvalue weighted by Gasteiger charge is -2.37. The van der Waals surface area contributed by atoms with Crippen LogP contribution in [-0.2, 0) is 4.74 Å². The minimum atomic E-state index is -0.151. The van der Waals surface area contributed by atoms with Crippen molar-refractivity contribution in [2.24, 2.45) is 5.41 Å². The summed E-state index contributed by atoms with van der Waals surface area (Å²) in [5.41, 5.74) is 2.95. The Hall–Kier alpha value is -2.77. The predicted molar refractivity (Wildman–Crippen MR) is 107 cm³/mol. The fraction of sp³-hybridized carbons (Fsp3) is 0.381. The van der Waals surface area contributed by atoms with Crippen molar-refractivity contribution in [3.8, 4) is 11.3 Å². The molecule has 0 radical (unpaired) electrons. The van der Waals surface area contributed by atoms with Crippen LogP contribution >= 0.6 is 0 Å². The quantitative estimate of drug-likeness (QED) is 0.686. The average Bonchev–Trinajstić information content (AvgIpc) is 3.18. The lowest BCUT2D eigenvalue weighted by atomic mass is 9.79. The van der Waals surface area contributed by atoms with Crippen LogP contribution in [0.4, 0.5) is 0 Å². The summed E-state index contributed by atoms with van der Waals surface area (Å²) in [5.74, 6) is -0.151. The van der Waals surface area contributed by atoms with E-state index >= 15 is 0 Å². The maximum absolute atomic E-state index is 12.9. The van der Waals surface area contributed by atoms with E-state index in [1.165, 1.54) is 0 Å². The van der Waals surface area contributed by atoms with E-state index in [9.17, 15) is 4.79 Å². The SMILES string of the molecule is COCC1(CNC(=O)c2cnn3c(-c4ccccc4)ccnc23)CCNCC1. The number of carbonyl (C=O) groups excluding carboxylic acids is 1. The molecule has 1 aliphatic heterocycles. The van der Waals surface area contributed by atoms with E-state index in [2.05, 4.69) is 20.7 Å². The van der Waals surface area contributed by atoms with Crippen LogP contribution in [0.5, 0.6) is 0 Å². The average molecular weight is 379 g/mol. The zero-order valence-electron chi connectivity index (χ0n) is 16.0. The van der Waals surface area contributed by atoms with Gasteiger partial charge in [0.15, 0.2) is 5.65 Å². The highest BCUT2D eigenvalue weighted by Gasteiger charge is 2.33. The Morgan fingerprint density at radius 2 is 2.04 bits per heavy atom. The van der Waals surface area contributed by atoms with Crippen molar-refractivity contribution in [3.05, 3.63) is 54.4 Å². The number of hydrogen-bond donors (Lipinski definition) is 2. The van der Waals surface area contributed by atoms with Gasteiger partial charge in [0.2, 0.25) is 0 Å². The topological polar surface area (TPSA) is 80.5 Å². The number of aromatic nitrogens is 3. The summed E-state index contributed by atoms with van der Waals surface area (Å²) in [6.07, 6.45) is 5.27. The fourth-order valence-electron chi connectivity index (χ4n) is 3.88. The summed E-state index contributed by atoms with van der Waals surface area (Å²) in [6, 6.07) is 11.9. The van der Waals surface area contributed by atoms with Crippen molar-refractivity contribution in [2.45, 2.75) is 12.8 Å². The minimum Gasteiger partial charge on any atom is -0.384 e. The van der Waals surface area contributed by atoms with Crippen molar-refractivity contribution in [2.75, 3.05) is 33.4 Å². The molecule has 0 aliphatic carbocycles. The maximum atomic E-state index is 12.9. The van der Waals surface area contributed by atoms with Crippen LogP contribution in [0.1, 0.15) is 23.2 Å². The van der Waals surface area contributed by atoms with E-state index in [0.717, 1.165) is 37.2 Å². The molecule has 4 rings (SSSR count). The van der Waals surface area contributed by atoms with E-state index in [0.29, 0.717) is 24.4 Å². The molecule has 0 spiro atoms. The number of nitrogens with zero attached hydrogens (tertiary/aromatic N) is 3. The van der Waals surface area contributed by atoms with E-state index in [4.69, 9.17) is 4.74 Å². The molecule has 7 nitrogen and oxygen atoms in total. The molecule has 0 unspecified atom stereocenters. The zero-order chi connectivity index (χ0) is 19.4. The van der Waals surface area contributed by atoms with Crippen LogP contribution in [0.2, 0.25) is 0 Å². The van der Waals surface area contributed by atoms with Gasteiger partial charge in [0.25, 0.3) is 5.91 Å². The van der Waals surface area contributed by atoms with Gasteiger partial charge in [-0.05, 0) is 32.0 Å². The third-order valence-corrected chi connectivity index (χ3v) is 5.45. The van der Waals surface area contributed by atoms with Gasteiger partial charge in [-0.15, -0.1) is 0 Å². The molecule has 2 aromatic heterocycles. The van der Waals surface area contributed by atoms with Crippen LogP contribution in [-0.4, -0.2) is 53.9 Å². The van der Waals surface area contributed by atoms with E-state index in [1.807, 2.05) is 36.4 Å². The Bertz CT molecular complexity index is 942. The molecule has 7 heteroatoms. The zero-order valence-corrected chi connectivity index (χ0v) is 16.0. The summed E-state index contributed by atoms with van der Waals surface area (Å²) in [7, 11) is 1.71. The molecule has 0 bridgehead atoms. The van der Waals surface area contributed by atoms with Crippen molar-refractivity contribution >= 4 is 11.6 Å². The minimum absolute atomic E-state index is 0.0265. The Morgan fingerprint density at radius 3 is 2.79 bits per heavy atom. The molecule has 1 aliphatic rings. The van der Waals surface area contributed by atoms with Gasteiger partial charge in [-0.2, -0.15) is 5.10 Å². The molecule has 1 saturated heterocycles. The highest BCUT2D eigenvalue weighted by Crippen LogP contribution is 2.28. The van der Waals surface area contributed by atoms with Gasteiger partial charge in [0, 0.05) is 30.8 Å². The van der Waals surface area contributed by atoms with Crippen LogP contribution in [0, 0.1) is 5.41 Å². The smallest absolute Gasteiger partial charge is 0.256 e. The summed E-state index contributed by atoms with van der Waals surface area (Å²) in [6.45, 7) is 3.10. The lowest BCUT2D eigenvalue weighted by Crippen LogP contribution is -2.47. The van der Waals surface area contributed by atoms with Crippen molar-refractivity contribution in [1.29, 1.82) is 0 Å². The molecule has 146 valence electrons. The first-order valence-corrected chi connectivity index (χ1v) is 9.58. The third-order valence-electron chi connectivity index (χ3n) is 5.45. The number of carbonyl (C=O) groups is 1. The second kappa shape index (κ2) is 8.08. The number of hydrogen-bond acceptors (Lipinski definition) is 5. The van der Waals surface area contributed by atoms with Gasteiger partial charge in [-0.1, -0.05) is 30.3 Å². The molecule has 28 heavy (non-hydrogen) atoms. The second-order valence-corrected chi connectivity index (χ2v) is 7.36. The molecule has 0 atom stereocenters. The Balaban J connectivity index is 1.57. The number of fused-ring (bicyclic) bond motifs is 1. The van der Waals surface area contributed by atoms with E-state index in [-0.39, 0.29) is 11.3 Å². The van der Waals surface area contributed by atoms with Crippen molar-refractivity contribution in [3.63, 3.8) is 0 Å². The van der Waals surface area contributed by atoms with Crippen LogP contribution in [0.15, 0.2) is 48.8 Å². The Morgan fingerprint density at radius 1 is 1.25 bits per heavy atom.